The fraction of sp³-hybridized carbons (Fsp3) is 0.375. The number of anilines is 1. The van der Waals surface area contributed by atoms with Crippen molar-refractivity contribution in [1.29, 1.82) is 0 Å². The highest BCUT2D eigenvalue weighted by atomic mass is 32.1. The fourth-order valence-electron chi connectivity index (χ4n) is 2.47. The predicted molar refractivity (Wildman–Crippen MR) is 83.5 cm³/mol. The molecule has 3 rings (SSSR count). The van der Waals surface area contributed by atoms with Gasteiger partial charge in [-0.1, -0.05) is 6.07 Å². The summed E-state index contributed by atoms with van der Waals surface area (Å²) >= 11 is 1.34. The Hall–Kier alpha value is -1.86. The van der Waals surface area contributed by atoms with E-state index < -0.39 is 11.6 Å². The van der Waals surface area contributed by atoms with Gasteiger partial charge in [-0.25, -0.2) is 13.8 Å². The third kappa shape index (κ3) is 4.11. The number of nitrogens with zero attached hydrogens (tertiary/aromatic N) is 1. The van der Waals surface area contributed by atoms with Crippen molar-refractivity contribution in [2.45, 2.75) is 19.3 Å². The molecule has 0 radical (unpaired) electrons. The highest BCUT2D eigenvalue weighted by molar-refractivity contribution is 7.15. The Labute approximate surface area is 136 Å². The molecular formula is C16H16F2N2O2S. The summed E-state index contributed by atoms with van der Waals surface area (Å²) in [6, 6.07) is 3.83. The van der Waals surface area contributed by atoms with Crippen LogP contribution in [0.5, 0.6) is 0 Å². The van der Waals surface area contributed by atoms with E-state index in [0.29, 0.717) is 30.3 Å². The normalized spacial score (nSPS) is 15.6. The molecule has 1 aromatic carbocycles. The molecule has 7 heteroatoms. The Balaban J connectivity index is 1.61. The topological polar surface area (TPSA) is 51.2 Å². The van der Waals surface area contributed by atoms with Crippen LogP contribution in [0.15, 0.2) is 24.4 Å². The van der Waals surface area contributed by atoms with Crippen molar-refractivity contribution in [3.63, 3.8) is 0 Å². The van der Waals surface area contributed by atoms with E-state index >= 15 is 0 Å². The lowest BCUT2D eigenvalue weighted by atomic mass is 10.00. The molecule has 0 bridgehead atoms. The summed E-state index contributed by atoms with van der Waals surface area (Å²) in [7, 11) is 0. The van der Waals surface area contributed by atoms with Crippen molar-refractivity contribution in [2.75, 3.05) is 18.5 Å². The lowest BCUT2D eigenvalue weighted by molar-refractivity contribution is -0.122. The van der Waals surface area contributed by atoms with Crippen LogP contribution in [0.2, 0.25) is 0 Å². The number of carbonyl (C=O) groups excluding carboxylic acids is 1. The van der Waals surface area contributed by atoms with E-state index in [1.54, 1.807) is 12.3 Å². The highest BCUT2D eigenvalue weighted by Crippen LogP contribution is 2.24. The van der Waals surface area contributed by atoms with Crippen LogP contribution in [-0.2, 0) is 16.0 Å². The van der Waals surface area contributed by atoms with Crippen molar-refractivity contribution in [3.8, 4) is 0 Å². The van der Waals surface area contributed by atoms with Crippen LogP contribution in [0, 0.1) is 17.6 Å². The van der Waals surface area contributed by atoms with Crippen molar-refractivity contribution >= 4 is 22.4 Å². The van der Waals surface area contributed by atoms with E-state index in [9.17, 15) is 13.6 Å². The largest absolute Gasteiger partial charge is 0.381 e. The van der Waals surface area contributed by atoms with Gasteiger partial charge >= 0.3 is 0 Å². The lowest BCUT2D eigenvalue weighted by Crippen LogP contribution is -2.28. The maximum Gasteiger partial charge on any atom is 0.229 e. The molecule has 1 aromatic heterocycles. The van der Waals surface area contributed by atoms with Crippen LogP contribution < -0.4 is 5.32 Å². The van der Waals surface area contributed by atoms with Crippen LogP contribution in [-0.4, -0.2) is 24.1 Å². The van der Waals surface area contributed by atoms with Crippen molar-refractivity contribution < 1.29 is 18.3 Å². The highest BCUT2D eigenvalue weighted by Gasteiger charge is 2.22. The number of benzene rings is 1. The summed E-state index contributed by atoms with van der Waals surface area (Å²) < 4.78 is 31.4. The van der Waals surface area contributed by atoms with Gasteiger partial charge in [-0.2, -0.15) is 0 Å². The Morgan fingerprint density at radius 3 is 2.83 bits per heavy atom. The average Bonchev–Trinajstić information content (AvgIpc) is 2.99. The molecule has 23 heavy (non-hydrogen) atoms. The van der Waals surface area contributed by atoms with Gasteiger partial charge in [0.05, 0.1) is 0 Å². The van der Waals surface area contributed by atoms with Gasteiger partial charge in [0.1, 0.15) is 0 Å². The van der Waals surface area contributed by atoms with Gasteiger partial charge in [-0.15, -0.1) is 11.3 Å². The molecule has 1 aliphatic heterocycles. The van der Waals surface area contributed by atoms with Crippen LogP contribution in [0.1, 0.15) is 23.3 Å². The maximum absolute atomic E-state index is 13.2. The number of hydrogen-bond acceptors (Lipinski definition) is 4. The second-order valence-electron chi connectivity index (χ2n) is 5.43. The van der Waals surface area contributed by atoms with Gasteiger partial charge in [-0.3, -0.25) is 4.79 Å². The minimum atomic E-state index is -0.861. The van der Waals surface area contributed by atoms with Crippen molar-refractivity contribution in [1.82, 2.24) is 4.98 Å². The van der Waals surface area contributed by atoms with Crippen LogP contribution in [0.3, 0.4) is 0 Å². The number of carbonyl (C=O) groups is 1. The molecular weight excluding hydrogens is 322 g/mol. The standard InChI is InChI=1S/C16H16F2N2O2S/c17-13-2-1-10(8-14(13)18)7-12-9-19-16(23-12)20-15(21)11-3-5-22-6-4-11/h1-2,8-9,11H,3-7H2,(H,19,20,21). The number of rotatable bonds is 4. The third-order valence-electron chi connectivity index (χ3n) is 3.74. The number of halogens is 2. The van der Waals surface area contributed by atoms with E-state index in [4.69, 9.17) is 4.74 Å². The first-order valence-corrected chi connectivity index (χ1v) is 8.20. The summed E-state index contributed by atoms with van der Waals surface area (Å²) in [6.07, 6.45) is 3.53. The van der Waals surface area contributed by atoms with Gasteiger partial charge in [0.15, 0.2) is 16.8 Å². The van der Waals surface area contributed by atoms with Crippen molar-refractivity contribution in [3.05, 3.63) is 46.5 Å². The Bertz CT molecular complexity index is 699. The lowest BCUT2D eigenvalue weighted by Gasteiger charge is -2.20. The van der Waals surface area contributed by atoms with Gasteiger partial charge in [-0.05, 0) is 30.5 Å². The smallest absolute Gasteiger partial charge is 0.229 e. The van der Waals surface area contributed by atoms with Gasteiger partial charge in [0.2, 0.25) is 5.91 Å². The second-order valence-corrected chi connectivity index (χ2v) is 6.55. The Kier molecular flexibility index (Phi) is 4.97. The zero-order chi connectivity index (χ0) is 16.2. The summed E-state index contributed by atoms with van der Waals surface area (Å²) in [5.74, 6) is -1.80. The first-order chi connectivity index (χ1) is 11.1. The zero-order valence-electron chi connectivity index (χ0n) is 12.4. The molecule has 122 valence electrons. The first kappa shape index (κ1) is 16.0. The van der Waals surface area contributed by atoms with Gasteiger partial charge < -0.3 is 10.1 Å². The van der Waals surface area contributed by atoms with E-state index in [0.717, 1.165) is 23.8 Å². The fourth-order valence-corrected chi connectivity index (χ4v) is 3.31. The molecule has 4 nitrogen and oxygen atoms in total. The molecule has 1 fully saturated rings. The molecule has 0 atom stereocenters. The Morgan fingerprint density at radius 1 is 1.30 bits per heavy atom. The molecule has 1 aliphatic rings. The third-order valence-corrected chi connectivity index (χ3v) is 4.65. The molecule has 0 spiro atoms. The van der Waals surface area contributed by atoms with Crippen LogP contribution in [0.4, 0.5) is 13.9 Å². The summed E-state index contributed by atoms with van der Waals surface area (Å²) in [5.41, 5.74) is 0.662. The van der Waals surface area contributed by atoms with Crippen LogP contribution >= 0.6 is 11.3 Å². The molecule has 1 saturated heterocycles. The van der Waals surface area contributed by atoms with Crippen molar-refractivity contribution in [2.24, 2.45) is 5.92 Å². The van der Waals surface area contributed by atoms with E-state index in [1.165, 1.54) is 17.4 Å². The molecule has 1 amide bonds. The van der Waals surface area contributed by atoms with Gasteiger partial charge in [0.25, 0.3) is 0 Å². The number of amides is 1. The minimum absolute atomic E-state index is 0.0395. The van der Waals surface area contributed by atoms with Crippen LogP contribution in [0.25, 0.3) is 0 Å². The molecule has 0 aliphatic carbocycles. The number of nitrogens with one attached hydrogen (secondary N) is 1. The minimum Gasteiger partial charge on any atom is -0.381 e. The van der Waals surface area contributed by atoms with Gasteiger partial charge in [0, 0.05) is 36.6 Å². The monoisotopic (exact) mass is 338 g/mol. The molecule has 0 saturated carbocycles. The summed E-state index contributed by atoms with van der Waals surface area (Å²) in [5, 5.41) is 3.34. The van der Waals surface area contributed by atoms with E-state index in [1.807, 2.05) is 0 Å². The molecule has 2 heterocycles. The summed E-state index contributed by atoms with van der Waals surface area (Å²) in [4.78, 5) is 17.2. The predicted octanol–water partition coefficient (Wildman–Crippen LogP) is 3.38. The van der Waals surface area contributed by atoms with E-state index in [-0.39, 0.29) is 11.8 Å². The quantitative estimate of drug-likeness (QED) is 0.930. The molecule has 1 N–H and O–H groups in total. The zero-order valence-corrected chi connectivity index (χ0v) is 13.2. The number of ether oxygens (including phenoxy) is 1. The maximum atomic E-state index is 13.2. The van der Waals surface area contributed by atoms with E-state index in [2.05, 4.69) is 10.3 Å². The second kappa shape index (κ2) is 7.14. The number of hydrogen-bond donors (Lipinski definition) is 1. The molecule has 2 aromatic rings. The number of aromatic nitrogens is 1. The number of thiazole rings is 1. The summed E-state index contributed by atoms with van der Waals surface area (Å²) in [6.45, 7) is 1.22. The Morgan fingerprint density at radius 2 is 2.09 bits per heavy atom. The average molecular weight is 338 g/mol. The molecule has 0 unspecified atom stereocenters. The first-order valence-electron chi connectivity index (χ1n) is 7.39. The SMILES string of the molecule is O=C(Nc1ncc(Cc2ccc(F)c(F)c2)s1)C1CCOCC1.